The lowest BCUT2D eigenvalue weighted by molar-refractivity contribution is -0.140. The molecule has 0 aliphatic carbocycles. The van der Waals surface area contributed by atoms with Crippen LogP contribution in [0.25, 0.3) is 0 Å². The number of sulfonamides is 1. The minimum Gasteiger partial charge on any atom is -0.492 e. The lowest BCUT2D eigenvalue weighted by Gasteiger charge is -2.34. The van der Waals surface area contributed by atoms with Gasteiger partial charge in [-0.3, -0.25) is 13.9 Å². The lowest BCUT2D eigenvalue weighted by Crippen LogP contribution is -2.54. The molecule has 4 aromatic rings. The second-order valence-electron chi connectivity index (χ2n) is 11.0. The second-order valence-corrected chi connectivity index (χ2v) is 13.7. The third-order valence-corrected chi connectivity index (χ3v) is 10.2. The average molecular weight is 697 g/mol. The number of halogens is 2. The maximum absolute atomic E-state index is 14.7. The zero-order chi connectivity index (χ0) is 34.0. The Morgan fingerprint density at radius 2 is 1.47 bits per heavy atom. The Labute approximate surface area is 287 Å². The van der Waals surface area contributed by atoms with Crippen molar-refractivity contribution in [2.24, 2.45) is 0 Å². The van der Waals surface area contributed by atoms with Gasteiger partial charge >= 0.3 is 0 Å². The molecule has 1 N–H and O–H groups in total. The van der Waals surface area contributed by atoms with Gasteiger partial charge in [0.05, 0.1) is 27.2 Å². The number of nitrogens with one attached hydrogen (secondary N) is 1. The van der Waals surface area contributed by atoms with Crippen LogP contribution in [0, 0.1) is 0 Å². The Morgan fingerprint density at radius 3 is 2.11 bits per heavy atom. The van der Waals surface area contributed by atoms with E-state index in [0.717, 1.165) is 9.87 Å². The highest BCUT2D eigenvalue weighted by atomic mass is 35.5. The van der Waals surface area contributed by atoms with Crippen LogP contribution in [0.4, 0.5) is 5.69 Å². The first kappa shape index (κ1) is 35.8. The van der Waals surface area contributed by atoms with E-state index >= 15 is 0 Å². The maximum atomic E-state index is 14.7. The molecule has 0 fully saturated rings. The van der Waals surface area contributed by atoms with E-state index in [1.54, 1.807) is 67.6 Å². The van der Waals surface area contributed by atoms with E-state index in [0.29, 0.717) is 27.8 Å². The maximum Gasteiger partial charge on any atom is 0.264 e. The Kier molecular flexibility index (Phi) is 12.7. The fourth-order valence-corrected chi connectivity index (χ4v) is 6.77. The van der Waals surface area contributed by atoms with E-state index in [4.69, 9.17) is 27.9 Å². The number of carbonyl (C=O) groups excluding carboxylic acids is 2. The minimum atomic E-state index is -4.27. The quantitative estimate of drug-likeness (QED) is 0.143. The number of rotatable bonds is 15. The van der Waals surface area contributed by atoms with Crippen LogP contribution < -0.4 is 14.4 Å². The van der Waals surface area contributed by atoms with Crippen LogP contribution in [0.2, 0.25) is 10.0 Å². The summed E-state index contributed by atoms with van der Waals surface area (Å²) in [7, 11) is -4.27. The number of amides is 2. The highest BCUT2D eigenvalue weighted by Gasteiger charge is 2.35. The van der Waals surface area contributed by atoms with Gasteiger partial charge in [0.2, 0.25) is 11.8 Å². The highest BCUT2D eigenvalue weighted by Crippen LogP contribution is 2.33. The van der Waals surface area contributed by atoms with Gasteiger partial charge in [0, 0.05) is 19.0 Å². The molecule has 4 aromatic carbocycles. The summed E-state index contributed by atoms with van der Waals surface area (Å²) < 4.78 is 35.4. The molecule has 0 radical (unpaired) electrons. The SMILES string of the molecule is CCOc1ccccc1N(CC(=O)N(Cc1ccc(Cl)c(Cl)c1)[C@@H](Cc1ccccc1)C(=O)N[C@H](C)CC)S(=O)(=O)c1ccccc1. The molecule has 0 heterocycles. The number of para-hydroxylation sites is 2. The normalized spacial score (nSPS) is 12.5. The van der Waals surface area contributed by atoms with E-state index in [9.17, 15) is 18.0 Å². The molecular formula is C36H39Cl2N3O5S. The van der Waals surface area contributed by atoms with Gasteiger partial charge in [-0.1, -0.05) is 96.9 Å². The largest absolute Gasteiger partial charge is 0.492 e. The Bertz CT molecular complexity index is 1760. The molecule has 2 atom stereocenters. The highest BCUT2D eigenvalue weighted by molar-refractivity contribution is 7.92. The van der Waals surface area contributed by atoms with Gasteiger partial charge in [0.1, 0.15) is 18.3 Å². The Morgan fingerprint density at radius 1 is 0.830 bits per heavy atom. The Balaban J connectivity index is 1.85. The number of hydrogen-bond acceptors (Lipinski definition) is 5. The fraction of sp³-hybridized carbons (Fsp3) is 0.278. The molecule has 0 unspecified atom stereocenters. The number of nitrogens with zero attached hydrogens (tertiary/aromatic N) is 2. The monoisotopic (exact) mass is 695 g/mol. The standard InChI is InChI=1S/C36H39Cl2N3O5S/c1-4-26(3)39-36(43)33(23-27-14-8-6-9-15-27)40(24-28-20-21-30(37)31(38)22-28)35(42)25-41(32-18-12-13-19-34(32)46-5-2)47(44,45)29-16-10-7-11-17-29/h6-22,26,33H,4-5,23-25H2,1-3H3,(H,39,43)/t26-,33+/m1/s1. The summed E-state index contributed by atoms with van der Waals surface area (Å²) in [5, 5.41) is 3.66. The Hall–Kier alpha value is -4.05. The predicted molar refractivity (Wildman–Crippen MR) is 187 cm³/mol. The molecule has 0 spiro atoms. The third-order valence-electron chi connectivity index (χ3n) is 7.65. The summed E-state index contributed by atoms with van der Waals surface area (Å²) >= 11 is 12.6. The topological polar surface area (TPSA) is 96.0 Å². The van der Waals surface area contributed by atoms with Crippen molar-refractivity contribution in [1.82, 2.24) is 10.2 Å². The smallest absolute Gasteiger partial charge is 0.264 e. The van der Waals surface area contributed by atoms with E-state index in [-0.39, 0.29) is 42.1 Å². The van der Waals surface area contributed by atoms with Gasteiger partial charge in [-0.05, 0) is 67.8 Å². The van der Waals surface area contributed by atoms with Crippen molar-refractivity contribution in [2.45, 2.75) is 57.1 Å². The van der Waals surface area contributed by atoms with Crippen molar-refractivity contribution in [3.05, 3.63) is 124 Å². The first-order valence-electron chi connectivity index (χ1n) is 15.4. The molecular weight excluding hydrogens is 657 g/mol. The summed E-state index contributed by atoms with van der Waals surface area (Å²) in [5.41, 5.74) is 1.65. The summed E-state index contributed by atoms with van der Waals surface area (Å²) in [5.74, 6) is -0.653. The van der Waals surface area contributed by atoms with E-state index in [1.807, 2.05) is 44.2 Å². The van der Waals surface area contributed by atoms with Crippen LogP contribution in [0.5, 0.6) is 5.75 Å². The molecule has 2 amide bonds. The van der Waals surface area contributed by atoms with Crippen molar-refractivity contribution < 1.29 is 22.7 Å². The molecule has 0 aliphatic heterocycles. The van der Waals surface area contributed by atoms with Crippen molar-refractivity contribution in [1.29, 1.82) is 0 Å². The molecule has 4 rings (SSSR count). The van der Waals surface area contributed by atoms with Gasteiger partial charge in [-0.25, -0.2) is 8.42 Å². The molecule has 8 nitrogen and oxygen atoms in total. The minimum absolute atomic E-state index is 0.00508. The van der Waals surface area contributed by atoms with Crippen LogP contribution in [0.3, 0.4) is 0 Å². The van der Waals surface area contributed by atoms with Crippen molar-refractivity contribution in [3.8, 4) is 5.75 Å². The van der Waals surface area contributed by atoms with Crippen molar-refractivity contribution >= 4 is 50.7 Å². The molecule has 0 saturated heterocycles. The van der Waals surface area contributed by atoms with Crippen molar-refractivity contribution in [3.63, 3.8) is 0 Å². The molecule has 0 bridgehead atoms. The van der Waals surface area contributed by atoms with E-state index < -0.39 is 28.5 Å². The average Bonchev–Trinajstić information content (AvgIpc) is 3.08. The summed E-state index contributed by atoms with van der Waals surface area (Å²) in [4.78, 5) is 30.1. The van der Waals surface area contributed by atoms with Gasteiger partial charge < -0.3 is 15.0 Å². The molecule has 47 heavy (non-hydrogen) atoms. The number of anilines is 1. The number of carbonyl (C=O) groups is 2. The summed E-state index contributed by atoms with van der Waals surface area (Å²) in [6.07, 6.45) is 0.874. The van der Waals surface area contributed by atoms with Crippen LogP contribution in [-0.2, 0) is 32.6 Å². The second kappa shape index (κ2) is 16.7. The number of ether oxygens (including phenoxy) is 1. The summed E-state index contributed by atoms with van der Waals surface area (Å²) in [6, 6.07) is 27.8. The fourth-order valence-electron chi connectivity index (χ4n) is 5.00. The van der Waals surface area contributed by atoms with Crippen LogP contribution >= 0.6 is 23.2 Å². The summed E-state index contributed by atoms with van der Waals surface area (Å²) in [6.45, 7) is 5.28. The van der Waals surface area contributed by atoms with Gasteiger partial charge in [0.25, 0.3) is 10.0 Å². The molecule has 0 aliphatic rings. The van der Waals surface area contributed by atoms with Crippen molar-refractivity contribution in [2.75, 3.05) is 17.5 Å². The van der Waals surface area contributed by atoms with Gasteiger partial charge in [-0.2, -0.15) is 0 Å². The van der Waals surface area contributed by atoms with Crippen LogP contribution in [-0.4, -0.2) is 50.4 Å². The molecule has 248 valence electrons. The van der Waals surface area contributed by atoms with Crippen LogP contribution in [0.1, 0.15) is 38.3 Å². The number of benzene rings is 4. The first-order chi connectivity index (χ1) is 22.5. The lowest BCUT2D eigenvalue weighted by atomic mass is 10.0. The number of hydrogen-bond donors (Lipinski definition) is 1. The molecule has 0 aromatic heterocycles. The van der Waals surface area contributed by atoms with Crippen LogP contribution in [0.15, 0.2) is 108 Å². The van der Waals surface area contributed by atoms with E-state index in [1.165, 1.54) is 17.0 Å². The third kappa shape index (κ3) is 9.28. The molecule has 11 heteroatoms. The van der Waals surface area contributed by atoms with Gasteiger partial charge in [0.15, 0.2) is 0 Å². The molecule has 0 saturated carbocycles. The first-order valence-corrected chi connectivity index (χ1v) is 17.6. The van der Waals surface area contributed by atoms with Gasteiger partial charge in [-0.15, -0.1) is 0 Å². The zero-order valence-electron chi connectivity index (χ0n) is 26.6. The zero-order valence-corrected chi connectivity index (χ0v) is 28.9. The predicted octanol–water partition coefficient (Wildman–Crippen LogP) is 7.14. The van der Waals surface area contributed by atoms with E-state index in [2.05, 4.69) is 5.32 Å².